The van der Waals surface area contributed by atoms with E-state index in [0.717, 1.165) is 6.20 Å². The van der Waals surface area contributed by atoms with E-state index in [1.807, 2.05) is 20.8 Å². The number of nitrogens with one attached hydrogen (secondary N) is 2. The Kier molecular flexibility index (Phi) is 4.72. The third-order valence-corrected chi connectivity index (χ3v) is 3.82. The van der Waals surface area contributed by atoms with Crippen LogP contribution in [-0.2, 0) is 14.8 Å². The van der Waals surface area contributed by atoms with Crippen LogP contribution >= 0.6 is 0 Å². The first-order valence-corrected chi connectivity index (χ1v) is 7.55. The molecule has 112 valence electrons. The highest BCUT2D eigenvalue weighted by Crippen LogP contribution is 2.09. The first kappa shape index (κ1) is 16.4. The van der Waals surface area contributed by atoms with Crippen molar-refractivity contribution in [3.05, 3.63) is 18.3 Å². The first-order chi connectivity index (χ1) is 9.01. The number of hydrogen-bond acceptors (Lipinski definition) is 5. The summed E-state index contributed by atoms with van der Waals surface area (Å²) >= 11 is 0. The van der Waals surface area contributed by atoms with Gasteiger partial charge in [-0.25, -0.2) is 13.4 Å². The summed E-state index contributed by atoms with van der Waals surface area (Å²) in [5, 5.41) is 2.70. The summed E-state index contributed by atoms with van der Waals surface area (Å²) in [6, 6.07) is 1.82. The molecule has 0 aromatic carbocycles. The first-order valence-electron chi connectivity index (χ1n) is 6.07. The van der Waals surface area contributed by atoms with Gasteiger partial charge in [-0.3, -0.25) is 4.79 Å². The number of sulfonamides is 1. The van der Waals surface area contributed by atoms with E-state index in [1.54, 1.807) is 0 Å². The molecule has 0 saturated heterocycles. The molecule has 1 atom stereocenters. The lowest BCUT2D eigenvalue weighted by atomic mass is 10.1. The fraction of sp³-hybridized carbons (Fsp3) is 0.500. The maximum atomic E-state index is 12.1. The van der Waals surface area contributed by atoms with E-state index in [0.29, 0.717) is 0 Å². The van der Waals surface area contributed by atoms with Crippen molar-refractivity contribution in [2.75, 3.05) is 5.73 Å². The van der Waals surface area contributed by atoms with Crippen molar-refractivity contribution in [2.45, 2.75) is 44.2 Å². The summed E-state index contributed by atoms with van der Waals surface area (Å²) in [4.78, 5) is 15.5. The van der Waals surface area contributed by atoms with Crippen molar-refractivity contribution >= 4 is 21.7 Å². The smallest absolute Gasteiger partial charge is 0.242 e. The van der Waals surface area contributed by atoms with Crippen LogP contribution in [0.3, 0.4) is 0 Å². The third-order valence-electron chi connectivity index (χ3n) is 2.29. The van der Waals surface area contributed by atoms with Gasteiger partial charge in [0.05, 0.1) is 6.04 Å². The van der Waals surface area contributed by atoms with Gasteiger partial charge >= 0.3 is 0 Å². The minimum atomic E-state index is -3.81. The standard InChI is InChI=1S/C12H20N4O3S/c1-8(11(17)15-12(2,3)4)16-20(18,19)9-5-6-10(13)14-7-9/h5-8,16H,1-4H3,(H2,13,14)(H,15,17). The van der Waals surface area contributed by atoms with Crippen LogP contribution in [0.5, 0.6) is 0 Å². The molecule has 1 aromatic rings. The largest absolute Gasteiger partial charge is 0.384 e. The van der Waals surface area contributed by atoms with Crippen LogP contribution in [0.15, 0.2) is 23.2 Å². The van der Waals surface area contributed by atoms with Gasteiger partial charge in [-0.15, -0.1) is 0 Å². The Balaban J connectivity index is 2.81. The number of nitrogens with zero attached hydrogens (tertiary/aromatic N) is 1. The molecule has 0 spiro atoms. The molecular weight excluding hydrogens is 280 g/mol. The van der Waals surface area contributed by atoms with Crippen LogP contribution in [0.4, 0.5) is 5.82 Å². The highest BCUT2D eigenvalue weighted by atomic mass is 32.2. The van der Waals surface area contributed by atoms with Gasteiger partial charge in [0.1, 0.15) is 10.7 Å². The zero-order valence-electron chi connectivity index (χ0n) is 12.0. The zero-order chi connectivity index (χ0) is 15.6. The molecule has 1 heterocycles. The molecule has 7 nitrogen and oxygen atoms in total. The molecule has 0 fully saturated rings. The van der Waals surface area contributed by atoms with Gasteiger partial charge < -0.3 is 11.1 Å². The Morgan fingerprint density at radius 1 is 1.35 bits per heavy atom. The fourth-order valence-corrected chi connectivity index (χ4v) is 2.53. The fourth-order valence-electron chi connectivity index (χ4n) is 1.38. The SMILES string of the molecule is CC(NS(=O)(=O)c1ccc(N)nc1)C(=O)NC(C)(C)C. The maximum Gasteiger partial charge on any atom is 0.242 e. The molecule has 0 saturated carbocycles. The second-order valence-electron chi connectivity index (χ2n) is 5.50. The molecule has 1 unspecified atom stereocenters. The molecule has 0 radical (unpaired) electrons. The van der Waals surface area contributed by atoms with Crippen LogP contribution in [-0.4, -0.2) is 30.9 Å². The molecule has 4 N–H and O–H groups in total. The van der Waals surface area contributed by atoms with E-state index in [9.17, 15) is 13.2 Å². The summed E-state index contributed by atoms with van der Waals surface area (Å²) in [5.74, 6) is -0.174. The van der Waals surface area contributed by atoms with E-state index in [-0.39, 0.29) is 10.7 Å². The molecule has 0 aliphatic rings. The summed E-state index contributed by atoms with van der Waals surface area (Å²) < 4.78 is 26.4. The number of aromatic nitrogens is 1. The number of hydrogen-bond donors (Lipinski definition) is 3. The van der Waals surface area contributed by atoms with Crippen molar-refractivity contribution in [2.24, 2.45) is 0 Å². The lowest BCUT2D eigenvalue weighted by molar-refractivity contribution is -0.123. The Morgan fingerprint density at radius 2 is 1.95 bits per heavy atom. The Bertz CT molecular complexity index is 576. The van der Waals surface area contributed by atoms with Crippen LogP contribution in [0.1, 0.15) is 27.7 Å². The molecule has 0 aliphatic carbocycles. The maximum absolute atomic E-state index is 12.1. The molecule has 1 aromatic heterocycles. The Labute approximate surface area is 119 Å². The van der Waals surface area contributed by atoms with E-state index in [1.165, 1.54) is 19.1 Å². The quantitative estimate of drug-likeness (QED) is 0.737. The summed E-state index contributed by atoms with van der Waals surface area (Å²) in [6.45, 7) is 6.92. The van der Waals surface area contributed by atoms with Crippen molar-refractivity contribution < 1.29 is 13.2 Å². The number of amides is 1. The minimum Gasteiger partial charge on any atom is -0.384 e. The van der Waals surface area contributed by atoms with Crippen LogP contribution in [0, 0.1) is 0 Å². The van der Waals surface area contributed by atoms with E-state index in [4.69, 9.17) is 5.73 Å². The lowest BCUT2D eigenvalue weighted by Crippen LogP contribution is -2.50. The van der Waals surface area contributed by atoms with Gasteiger partial charge in [0.25, 0.3) is 0 Å². The lowest BCUT2D eigenvalue weighted by Gasteiger charge is -2.23. The average Bonchev–Trinajstić information content (AvgIpc) is 2.26. The second kappa shape index (κ2) is 5.76. The van der Waals surface area contributed by atoms with E-state index < -0.39 is 27.5 Å². The van der Waals surface area contributed by atoms with Crippen LogP contribution in [0.2, 0.25) is 0 Å². The predicted molar refractivity (Wildman–Crippen MR) is 76.3 cm³/mol. The molecule has 0 bridgehead atoms. The van der Waals surface area contributed by atoms with Gasteiger partial charge in [0.15, 0.2) is 0 Å². The molecule has 8 heteroatoms. The van der Waals surface area contributed by atoms with Crippen molar-refractivity contribution in [3.63, 3.8) is 0 Å². The van der Waals surface area contributed by atoms with E-state index >= 15 is 0 Å². The number of nitrogen functional groups attached to an aromatic ring is 1. The molecular formula is C12H20N4O3S. The molecule has 20 heavy (non-hydrogen) atoms. The summed E-state index contributed by atoms with van der Waals surface area (Å²) in [5.41, 5.74) is 4.97. The summed E-state index contributed by atoms with van der Waals surface area (Å²) in [6.07, 6.45) is 1.14. The monoisotopic (exact) mass is 300 g/mol. The van der Waals surface area contributed by atoms with Crippen molar-refractivity contribution in [1.29, 1.82) is 0 Å². The van der Waals surface area contributed by atoms with Crippen molar-refractivity contribution in [1.82, 2.24) is 15.0 Å². The van der Waals surface area contributed by atoms with E-state index in [2.05, 4.69) is 15.0 Å². The molecule has 1 amide bonds. The van der Waals surface area contributed by atoms with Crippen LogP contribution < -0.4 is 15.8 Å². The summed E-state index contributed by atoms with van der Waals surface area (Å²) in [7, 11) is -3.81. The minimum absolute atomic E-state index is 0.0397. The Morgan fingerprint density at radius 3 is 2.40 bits per heavy atom. The Hall–Kier alpha value is -1.67. The number of rotatable bonds is 4. The normalized spacial score (nSPS) is 13.8. The number of carbonyl (C=O) groups excluding carboxylic acids is 1. The van der Waals surface area contributed by atoms with Gasteiger partial charge in [-0.1, -0.05) is 0 Å². The highest BCUT2D eigenvalue weighted by Gasteiger charge is 2.24. The zero-order valence-corrected chi connectivity index (χ0v) is 12.8. The highest BCUT2D eigenvalue weighted by molar-refractivity contribution is 7.89. The number of nitrogens with two attached hydrogens (primary N) is 1. The second-order valence-corrected chi connectivity index (χ2v) is 7.21. The van der Waals surface area contributed by atoms with Gasteiger partial charge in [0.2, 0.25) is 15.9 Å². The van der Waals surface area contributed by atoms with Gasteiger partial charge in [-0.05, 0) is 39.8 Å². The predicted octanol–water partition coefficient (Wildman–Crippen LogP) is 0.245. The number of anilines is 1. The molecule has 0 aliphatic heterocycles. The third kappa shape index (κ3) is 4.78. The molecule has 1 rings (SSSR count). The van der Waals surface area contributed by atoms with Gasteiger partial charge in [-0.2, -0.15) is 4.72 Å². The van der Waals surface area contributed by atoms with Crippen LogP contribution in [0.25, 0.3) is 0 Å². The number of pyridine rings is 1. The average molecular weight is 300 g/mol. The van der Waals surface area contributed by atoms with Gasteiger partial charge in [0, 0.05) is 11.7 Å². The van der Waals surface area contributed by atoms with Crippen molar-refractivity contribution in [3.8, 4) is 0 Å². The topological polar surface area (TPSA) is 114 Å². The number of carbonyl (C=O) groups is 1.